The summed E-state index contributed by atoms with van der Waals surface area (Å²) in [4.78, 5) is 8.51. The summed E-state index contributed by atoms with van der Waals surface area (Å²) >= 11 is 0. The second-order valence-corrected chi connectivity index (χ2v) is 5.42. The van der Waals surface area contributed by atoms with Gasteiger partial charge < -0.3 is 4.74 Å². The summed E-state index contributed by atoms with van der Waals surface area (Å²) in [6, 6.07) is 14.7. The quantitative estimate of drug-likeness (QED) is 0.547. The minimum absolute atomic E-state index is 0.300. The molecule has 0 aliphatic carbocycles. The van der Waals surface area contributed by atoms with Gasteiger partial charge in [-0.2, -0.15) is 5.10 Å². The molecule has 0 aliphatic rings. The van der Waals surface area contributed by atoms with Gasteiger partial charge in [0.25, 0.3) is 0 Å². The number of hydrogen-bond donors (Lipinski definition) is 0. The molecule has 8 heteroatoms. The summed E-state index contributed by atoms with van der Waals surface area (Å²) in [5.41, 5.74) is 2.93. The van der Waals surface area contributed by atoms with Crippen molar-refractivity contribution in [2.45, 2.75) is 6.36 Å². The molecule has 0 bridgehead atoms. The number of alkyl halides is 3. The van der Waals surface area contributed by atoms with E-state index in [2.05, 4.69) is 19.8 Å². The van der Waals surface area contributed by atoms with Gasteiger partial charge in [0, 0.05) is 11.8 Å². The van der Waals surface area contributed by atoms with Crippen LogP contribution in [0.1, 0.15) is 0 Å². The summed E-state index contributed by atoms with van der Waals surface area (Å²) in [5.74, 6) is -0.300. The van der Waals surface area contributed by atoms with Crippen molar-refractivity contribution in [1.82, 2.24) is 19.6 Å². The molecule has 0 fully saturated rings. The predicted octanol–water partition coefficient (Wildman–Crippen LogP) is 4.36. The zero-order valence-electron chi connectivity index (χ0n) is 13.2. The highest BCUT2D eigenvalue weighted by molar-refractivity contribution is 5.66. The van der Waals surface area contributed by atoms with Crippen LogP contribution in [0, 0.1) is 0 Å². The molecule has 1 aromatic carbocycles. The molecule has 0 unspecified atom stereocenters. The number of aromatic nitrogens is 4. The molecule has 0 spiro atoms. The molecule has 0 N–H and O–H groups in total. The molecule has 0 saturated heterocycles. The molecule has 0 saturated carbocycles. The Balaban J connectivity index is 1.79. The van der Waals surface area contributed by atoms with Gasteiger partial charge in [-0.1, -0.05) is 18.2 Å². The lowest BCUT2D eigenvalue weighted by atomic mass is 10.1. The van der Waals surface area contributed by atoms with Crippen LogP contribution < -0.4 is 4.74 Å². The lowest BCUT2D eigenvalue weighted by molar-refractivity contribution is -0.274. The predicted molar refractivity (Wildman–Crippen MR) is 88.3 cm³/mol. The average molecular weight is 356 g/mol. The van der Waals surface area contributed by atoms with E-state index in [1.54, 1.807) is 41.2 Å². The molecular formula is C18H11F3N4O. The van der Waals surface area contributed by atoms with Crippen LogP contribution in [-0.2, 0) is 0 Å². The lowest BCUT2D eigenvalue weighted by Gasteiger charge is -2.10. The Labute approximate surface area is 145 Å². The van der Waals surface area contributed by atoms with E-state index in [9.17, 15) is 13.2 Å². The van der Waals surface area contributed by atoms with Crippen LogP contribution in [0.3, 0.4) is 0 Å². The zero-order valence-corrected chi connectivity index (χ0v) is 13.2. The monoisotopic (exact) mass is 356 g/mol. The fraction of sp³-hybridized carbons (Fsp3) is 0.0556. The largest absolute Gasteiger partial charge is 0.573 e. The highest BCUT2D eigenvalue weighted by Gasteiger charge is 2.31. The number of pyridine rings is 1. The van der Waals surface area contributed by atoms with E-state index in [0.717, 1.165) is 0 Å². The van der Waals surface area contributed by atoms with Crippen molar-refractivity contribution < 1.29 is 17.9 Å². The molecule has 3 aromatic heterocycles. The smallest absolute Gasteiger partial charge is 0.406 e. The van der Waals surface area contributed by atoms with E-state index >= 15 is 0 Å². The van der Waals surface area contributed by atoms with Crippen LogP contribution in [0.15, 0.2) is 67.0 Å². The van der Waals surface area contributed by atoms with Crippen LogP contribution in [-0.4, -0.2) is 25.9 Å². The number of hydrogen-bond acceptors (Lipinski definition) is 4. The second-order valence-electron chi connectivity index (χ2n) is 5.42. The third-order valence-electron chi connectivity index (χ3n) is 3.65. The molecule has 5 nitrogen and oxygen atoms in total. The Kier molecular flexibility index (Phi) is 3.80. The molecule has 4 rings (SSSR count). The van der Waals surface area contributed by atoms with E-state index < -0.39 is 6.36 Å². The normalized spacial score (nSPS) is 11.7. The van der Waals surface area contributed by atoms with Crippen LogP contribution in [0.5, 0.6) is 5.75 Å². The van der Waals surface area contributed by atoms with Crippen molar-refractivity contribution in [1.29, 1.82) is 0 Å². The third-order valence-corrected chi connectivity index (χ3v) is 3.65. The minimum atomic E-state index is -4.75. The van der Waals surface area contributed by atoms with E-state index in [4.69, 9.17) is 0 Å². The standard InChI is InChI=1S/C18H11F3N4O/c19-18(20,21)26-13-5-3-4-12(10-13)16-11-23-17-8-7-15(24-25(16)17)14-6-1-2-9-22-14/h1-11H. The summed E-state index contributed by atoms with van der Waals surface area (Å²) in [7, 11) is 0. The molecule has 0 atom stereocenters. The van der Waals surface area contributed by atoms with Gasteiger partial charge in [0.1, 0.15) is 11.4 Å². The first-order chi connectivity index (χ1) is 12.5. The van der Waals surface area contributed by atoms with Crippen molar-refractivity contribution in [2.75, 3.05) is 0 Å². The van der Waals surface area contributed by atoms with Crippen molar-refractivity contribution >= 4 is 5.65 Å². The van der Waals surface area contributed by atoms with E-state index in [1.165, 1.54) is 18.2 Å². The number of halogens is 3. The van der Waals surface area contributed by atoms with Gasteiger partial charge in [-0.3, -0.25) is 4.98 Å². The minimum Gasteiger partial charge on any atom is -0.406 e. The third kappa shape index (κ3) is 3.21. The zero-order chi connectivity index (χ0) is 18.1. The van der Waals surface area contributed by atoms with Crippen molar-refractivity contribution in [3.8, 4) is 28.4 Å². The molecule has 26 heavy (non-hydrogen) atoms. The van der Waals surface area contributed by atoms with Crippen molar-refractivity contribution in [3.05, 3.63) is 67.0 Å². The first-order valence-corrected chi connectivity index (χ1v) is 7.62. The summed E-state index contributed by atoms with van der Waals surface area (Å²) < 4.78 is 42.9. The molecule has 4 aromatic rings. The summed E-state index contributed by atoms with van der Waals surface area (Å²) in [6.45, 7) is 0. The van der Waals surface area contributed by atoms with E-state index in [0.29, 0.717) is 28.3 Å². The average Bonchev–Trinajstić information content (AvgIpc) is 3.04. The molecule has 3 heterocycles. The fourth-order valence-corrected chi connectivity index (χ4v) is 2.57. The highest BCUT2D eigenvalue weighted by atomic mass is 19.4. The van der Waals surface area contributed by atoms with E-state index in [-0.39, 0.29) is 5.75 Å². The lowest BCUT2D eigenvalue weighted by Crippen LogP contribution is -2.17. The van der Waals surface area contributed by atoms with E-state index in [1.807, 2.05) is 12.1 Å². The van der Waals surface area contributed by atoms with Crippen molar-refractivity contribution in [2.24, 2.45) is 0 Å². The van der Waals surface area contributed by atoms with Gasteiger partial charge in [-0.05, 0) is 36.4 Å². The van der Waals surface area contributed by atoms with Crippen molar-refractivity contribution in [3.63, 3.8) is 0 Å². The number of rotatable bonds is 3. The number of fused-ring (bicyclic) bond motifs is 1. The topological polar surface area (TPSA) is 52.3 Å². The SMILES string of the molecule is FC(F)(F)Oc1cccc(-c2cnc3ccc(-c4ccccn4)nn23)c1. The van der Waals surface area contributed by atoms with Gasteiger partial charge in [0.2, 0.25) is 0 Å². The summed E-state index contributed by atoms with van der Waals surface area (Å²) in [6.07, 6.45) is -1.53. The van der Waals surface area contributed by atoms with Crippen LogP contribution in [0.2, 0.25) is 0 Å². The molecule has 0 amide bonds. The Hall–Kier alpha value is -3.42. The molecule has 130 valence electrons. The maximum absolute atomic E-state index is 12.5. The first kappa shape index (κ1) is 16.1. The number of imidazole rings is 1. The molecule has 0 radical (unpaired) electrons. The number of nitrogens with zero attached hydrogens (tertiary/aromatic N) is 4. The number of benzene rings is 1. The highest BCUT2D eigenvalue weighted by Crippen LogP contribution is 2.28. The Morgan fingerprint density at radius 1 is 0.885 bits per heavy atom. The van der Waals surface area contributed by atoms with Crippen LogP contribution >= 0.6 is 0 Å². The van der Waals surface area contributed by atoms with Gasteiger partial charge >= 0.3 is 6.36 Å². The Morgan fingerprint density at radius 3 is 2.54 bits per heavy atom. The van der Waals surface area contributed by atoms with Gasteiger partial charge in [-0.15, -0.1) is 13.2 Å². The van der Waals surface area contributed by atoms with Crippen LogP contribution in [0.4, 0.5) is 13.2 Å². The van der Waals surface area contributed by atoms with Gasteiger partial charge in [0.05, 0.1) is 17.6 Å². The number of ether oxygens (including phenoxy) is 1. The molecule has 0 aliphatic heterocycles. The maximum atomic E-state index is 12.5. The fourth-order valence-electron chi connectivity index (χ4n) is 2.57. The molecular weight excluding hydrogens is 345 g/mol. The second kappa shape index (κ2) is 6.14. The first-order valence-electron chi connectivity index (χ1n) is 7.62. The Morgan fingerprint density at radius 2 is 1.77 bits per heavy atom. The summed E-state index contributed by atoms with van der Waals surface area (Å²) in [5, 5.41) is 4.51. The Bertz CT molecular complexity index is 1060. The van der Waals surface area contributed by atoms with Crippen LogP contribution in [0.25, 0.3) is 28.3 Å². The maximum Gasteiger partial charge on any atom is 0.573 e. The van der Waals surface area contributed by atoms with Gasteiger partial charge in [-0.25, -0.2) is 9.50 Å². The van der Waals surface area contributed by atoms with Gasteiger partial charge in [0.15, 0.2) is 5.65 Å².